The molecule has 1 aliphatic rings. The van der Waals surface area contributed by atoms with Crippen LogP contribution in [0, 0.1) is 0 Å². The monoisotopic (exact) mass is 226 g/mol. The highest BCUT2D eigenvalue weighted by Gasteiger charge is 2.15. The van der Waals surface area contributed by atoms with Crippen molar-refractivity contribution in [2.45, 2.75) is 51.7 Å². The lowest BCUT2D eigenvalue weighted by Gasteiger charge is -2.22. The first-order chi connectivity index (χ1) is 7.83. The van der Waals surface area contributed by atoms with Gasteiger partial charge in [-0.2, -0.15) is 0 Å². The van der Waals surface area contributed by atoms with Gasteiger partial charge in [-0.25, -0.2) is 0 Å². The van der Waals surface area contributed by atoms with Gasteiger partial charge in [0.05, 0.1) is 13.2 Å². The van der Waals surface area contributed by atoms with Crippen LogP contribution in [-0.2, 0) is 14.3 Å². The predicted molar refractivity (Wildman–Crippen MR) is 63.2 cm³/mol. The Hall–Kier alpha value is -0.670. The summed E-state index contributed by atoms with van der Waals surface area (Å²) < 4.78 is 10.8. The van der Waals surface area contributed by atoms with E-state index in [9.17, 15) is 4.79 Å². The SMILES string of the molecule is CC/C=C/CCC(=O)CCC1OCCCO1. The molecule has 0 saturated carbocycles. The van der Waals surface area contributed by atoms with Gasteiger partial charge in [0.25, 0.3) is 0 Å². The number of hydrogen-bond acceptors (Lipinski definition) is 3. The molecule has 1 rings (SSSR count). The first-order valence-corrected chi connectivity index (χ1v) is 6.23. The Morgan fingerprint density at radius 2 is 2.00 bits per heavy atom. The molecule has 0 bridgehead atoms. The lowest BCUT2D eigenvalue weighted by Crippen LogP contribution is -2.25. The molecule has 0 radical (unpaired) electrons. The summed E-state index contributed by atoms with van der Waals surface area (Å²) in [4.78, 5) is 11.5. The van der Waals surface area contributed by atoms with Gasteiger partial charge in [0.2, 0.25) is 0 Å². The van der Waals surface area contributed by atoms with Gasteiger partial charge in [-0.05, 0) is 19.3 Å². The Morgan fingerprint density at radius 1 is 1.25 bits per heavy atom. The number of ether oxygens (including phenoxy) is 2. The van der Waals surface area contributed by atoms with E-state index in [2.05, 4.69) is 19.1 Å². The van der Waals surface area contributed by atoms with E-state index in [4.69, 9.17) is 9.47 Å². The van der Waals surface area contributed by atoms with Crippen molar-refractivity contribution >= 4 is 5.78 Å². The first-order valence-electron chi connectivity index (χ1n) is 6.23. The van der Waals surface area contributed by atoms with Gasteiger partial charge >= 0.3 is 0 Å². The molecule has 1 aliphatic heterocycles. The molecule has 16 heavy (non-hydrogen) atoms. The zero-order valence-corrected chi connectivity index (χ0v) is 10.1. The van der Waals surface area contributed by atoms with Crippen molar-refractivity contribution in [3.63, 3.8) is 0 Å². The molecule has 0 aromatic heterocycles. The van der Waals surface area contributed by atoms with E-state index in [0.29, 0.717) is 25.0 Å². The molecule has 0 spiro atoms. The maximum Gasteiger partial charge on any atom is 0.157 e. The molecule has 0 amide bonds. The van der Waals surface area contributed by atoms with Gasteiger partial charge in [0, 0.05) is 19.3 Å². The first kappa shape index (κ1) is 13.4. The molecule has 0 atom stereocenters. The van der Waals surface area contributed by atoms with Crippen LogP contribution < -0.4 is 0 Å². The Morgan fingerprint density at radius 3 is 2.69 bits per heavy atom. The highest BCUT2D eigenvalue weighted by atomic mass is 16.7. The minimum absolute atomic E-state index is 0.149. The van der Waals surface area contributed by atoms with Crippen molar-refractivity contribution in [1.29, 1.82) is 0 Å². The van der Waals surface area contributed by atoms with Crippen molar-refractivity contribution in [3.8, 4) is 0 Å². The standard InChI is InChI=1S/C13H22O3/c1-2-3-4-5-7-12(14)8-9-13-15-10-6-11-16-13/h3-4,13H,2,5-11H2,1H3/b4-3+. The molecule has 1 heterocycles. The number of ketones is 1. The maximum atomic E-state index is 11.5. The van der Waals surface area contributed by atoms with E-state index < -0.39 is 0 Å². The summed E-state index contributed by atoms with van der Waals surface area (Å²) in [6.45, 7) is 3.62. The van der Waals surface area contributed by atoms with Crippen molar-refractivity contribution in [3.05, 3.63) is 12.2 Å². The third-order valence-electron chi connectivity index (χ3n) is 2.55. The third kappa shape index (κ3) is 6.03. The second-order valence-electron chi connectivity index (χ2n) is 4.02. The average Bonchev–Trinajstić information content (AvgIpc) is 2.33. The molecular weight excluding hydrogens is 204 g/mol. The van der Waals surface area contributed by atoms with E-state index in [1.165, 1.54) is 0 Å². The van der Waals surface area contributed by atoms with Crippen molar-refractivity contribution < 1.29 is 14.3 Å². The van der Waals surface area contributed by atoms with Gasteiger partial charge < -0.3 is 9.47 Å². The molecule has 0 aromatic carbocycles. The van der Waals surface area contributed by atoms with E-state index in [1.807, 2.05) is 0 Å². The summed E-state index contributed by atoms with van der Waals surface area (Å²) >= 11 is 0. The zero-order chi connectivity index (χ0) is 11.6. The summed E-state index contributed by atoms with van der Waals surface area (Å²) in [6, 6.07) is 0. The molecule has 0 unspecified atom stereocenters. The molecule has 92 valence electrons. The Labute approximate surface area is 97.8 Å². The number of carbonyl (C=O) groups is 1. The fourth-order valence-corrected chi connectivity index (χ4v) is 1.64. The highest BCUT2D eigenvalue weighted by Crippen LogP contribution is 2.11. The van der Waals surface area contributed by atoms with Gasteiger partial charge in [-0.1, -0.05) is 19.1 Å². The van der Waals surface area contributed by atoms with Crippen LogP contribution in [0.5, 0.6) is 0 Å². The fourth-order valence-electron chi connectivity index (χ4n) is 1.64. The molecule has 1 saturated heterocycles. The van der Waals surface area contributed by atoms with Gasteiger partial charge in [-0.3, -0.25) is 4.79 Å². The minimum Gasteiger partial charge on any atom is -0.353 e. The average molecular weight is 226 g/mol. The quantitative estimate of drug-likeness (QED) is 0.626. The molecule has 0 aromatic rings. The van der Waals surface area contributed by atoms with Crippen LogP contribution in [-0.4, -0.2) is 25.3 Å². The topological polar surface area (TPSA) is 35.5 Å². The lowest BCUT2D eigenvalue weighted by molar-refractivity contribution is -0.182. The van der Waals surface area contributed by atoms with Crippen molar-refractivity contribution in [2.24, 2.45) is 0 Å². The van der Waals surface area contributed by atoms with E-state index in [0.717, 1.165) is 32.5 Å². The number of carbonyl (C=O) groups excluding carboxylic acids is 1. The van der Waals surface area contributed by atoms with Crippen molar-refractivity contribution in [1.82, 2.24) is 0 Å². The van der Waals surface area contributed by atoms with E-state index in [-0.39, 0.29) is 6.29 Å². The summed E-state index contributed by atoms with van der Waals surface area (Å²) in [6.07, 6.45) is 8.81. The fraction of sp³-hybridized carbons (Fsp3) is 0.769. The second-order valence-corrected chi connectivity index (χ2v) is 4.02. The van der Waals surface area contributed by atoms with Crippen molar-refractivity contribution in [2.75, 3.05) is 13.2 Å². The van der Waals surface area contributed by atoms with Crippen LogP contribution in [0.25, 0.3) is 0 Å². The van der Waals surface area contributed by atoms with E-state index in [1.54, 1.807) is 0 Å². The minimum atomic E-state index is -0.149. The summed E-state index contributed by atoms with van der Waals surface area (Å²) in [5, 5.41) is 0. The largest absolute Gasteiger partial charge is 0.353 e. The Kier molecular flexibility index (Phi) is 7.10. The summed E-state index contributed by atoms with van der Waals surface area (Å²) in [7, 11) is 0. The van der Waals surface area contributed by atoms with Crippen LogP contribution in [0.4, 0.5) is 0 Å². The third-order valence-corrected chi connectivity index (χ3v) is 2.55. The number of rotatable bonds is 7. The van der Waals surface area contributed by atoms with Gasteiger partial charge in [0.15, 0.2) is 6.29 Å². The molecule has 1 fully saturated rings. The second kappa shape index (κ2) is 8.48. The van der Waals surface area contributed by atoms with Gasteiger partial charge in [0.1, 0.15) is 5.78 Å². The Bertz CT molecular complexity index is 217. The number of hydrogen-bond donors (Lipinski definition) is 0. The summed E-state index contributed by atoms with van der Waals surface area (Å²) in [5.41, 5.74) is 0. The smallest absolute Gasteiger partial charge is 0.157 e. The number of Topliss-reactive ketones (excluding diaryl/α,β-unsaturated/α-hetero) is 1. The molecule has 0 aliphatic carbocycles. The molecule has 0 N–H and O–H groups in total. The summed E-state index contributed by atoms with van der Waals surface area (Å²) in [5.74, 6) is 0.304. The van der Waals surface area contributed by atoms with Crippen LogP contribution in [0.1, 0.15) is 45.4 Å². The van der Waals surface area contributed by atoms with Crippen LogP contribution in [0.15, 0.2) is 12.2 Å². The molecular formula is C13H22O3. The Balaban J connectivity index is 2.02. The maximum absolute atomic E-state index is 11.5. The molecule has 3 heteroatoms. The van der Waals surface area contributed by atoms with E-state index >= 15 is 0 Å². The molecule has 3 nitrogen and oxygen atoms in total. The van der Waals surface area contributed by atoms with Gasteiger partial charge in [-0.15, -0.1) is 0 Å². The number of allylic oxidation sites excluding steroid dienone is 2. The van der Waals surface area contributed by atoms with Crippen LogP contribution in [0.2, 0.25) is 0 Å². The lowest BCUT2D eigenvalue weighted by atomic mass is 10.1. The zero-order valence-electron chi connectivity index (χ0n) is 10.1. The highest BCUT2D eigenvalue weighted by molar-refractivity contribution is 5.78. The normalized spacial score (nSPS) is 18.1. The van der Waals surface area contributed by atoms with Crippen LogP contribution in [0.3, 0.4) is 0 Å². The predicted octanol–water partition coefficient (Wildman–Crippen LogP) is 2.85. The van der Waals surface area contributed by atoms with Crippen LogP contribution >= 0.6 is 0 Å².